The summed E-state index contributed by atoms with van der Waals surface area (Å²) in [5.41, 5.74) is -1.96. The molecule has 9 rings (SSSR count). The number of fused-ring (bicyclic) bond motifs is 2. The summed E-state index contributed by atoms with van der Waals surface area (Å²) in [5.74, 6) is -2.66. The van der Waals surface area contributed by atoms with Crippen molar-refractivity contribution in [2.75, 3.05) is 74.6 Å². The van der Waals surface area contributed by atoms with E-state index in [1.54, 1.807) is 29.6 Å². The van der Waals surface area contributed by atoms with E-state index < -0.39 is 67.9 Å². The summed E-state index contributed by atoms with van der Waals surface area (Å²) in [7, 11) is 0.229. The maximum Gasteiger partial charge on any atom is 0.329 e. The fraction of sp³-hybridized carbons (Fsp3) is 0.457. The average Bonchev–Trinajstić information content (AvgIpc) is 3.88. The van der Waals surface area contributed by atoms with Gasteiger partial charge in [0.2, 0.25) is 11.8 Å². The van der Waals surface area contributed by atoms with E-state index in [0.717, 1.165) is 16.4 Å². The topological polar surface area (TPSA) is 247 Å². The molecule has 0 unspecified atom stereocenters. The van der Waals surface area contributed by atoms with Crippen LogP contribution < -0.4 is 34.9 Å². The number of imide groups is 1. The minimum Gasteiger partial charge on any atom is -0.492 e. The highest BCUT2D eigenvalue weighted by molar-refractivity contribution is 7.90. The monoisotopic (exact) mass is 987 g/mol. The van der Waals surface area contributed by atoms with Crippen molar-refractivity contribution in [1.82, 2.24) is 33.9 Å². The van der Waals surface area contributed by atoms with Crippen molar-refractivity contribution in [3.05, 3.63) is 70.3 Å². The molecule has 0 aliphatic carbocycles. The smallest absolute Gasteiger partial charge is 0.329 e. The van der Waals surface area contributed by atoms with Gasteiger partial charge < -0.3 is 29.1 Å². The van der Waals surface area contributed by atoms with E-state index in [1.807, 2.05) is 11.0 Å². The molecule has 0 bridgehead atoms. The Morgan fingerprint density at radius 1 is 1.06 bits per heavy atom. The Bertz CT molecular complexity index is 3160. The average molecular weight is 988 g/mol. The lowest BCUT2D eigenvalue weighted by molar-refractivity contribution is -0.142. The van der Waals surface area contributed by atoms with Crippen LogP contribution in [0.15, 0.2) is 47.5 Å². The van der Waals surface area contributed by atoms with E-state index in [4.69, 9.17) is 14.2 Å². The van der Waals surface area contributed by atoms with Crippen LogP contribution in [0.4, 0.5) is 30.8 Å². The van der Waals surface area contributed by atoms with Crippen molar-refractivity contribution in [3.63, 3.8) is 0 Å². The quantitative estimate of drug-likeness (QED) is 0.160. The van der Waals surface area contributed by atoms with E-state index in [0.29, 0.717) is 48.9 Å². The Balaban J connectivity index is 0.835. The van der Waals surface area contributed by atoms with Crippen molar-refractivity contribution in [1.29, 1.82) is 5.26 Å². The van der Waals surface area contributed by atoms with E-state index in [9.17, 15) is 38.0 Å². The number of nitriles is 1. The molecule has 4 aliphatic heterocycles. The molecule has 1 atom stereocenters. The lowest BCUT2D eigenvalue weighted by Crippen LogP contribution is -2.51. The van der Waals surface area contributed by atoms with Crippen LogP contribution in [0.1, 0.15) is 63.5 Å². The lowest BCUT2D eigenvalue weighted by Gasteiger charge is -2.42. The van der Waals surface area contributed by atoms with Gasteiger partial charge in [-0.25, -0.2) is 18.6 Å². The third-order valence-corrected chi connectivity index (χ3v) is 15.5. The van der Waals surface area contributed by atoms with Gasteiger partial charge in [0.15, 0.2) is 28.9 Å². The highest BCUT2D eigenvalue weighted by Gasteiger charge is 2.46. The number of aryl methyl sites for hydroxylation is 1. The molecule has 5 aromatic rings. The number of hydrogen-bond acceptors (Lipinski definition) is 14. The minimum absolute atomic E-state index is 0.0200. The number of likely N-dealkylation sites (tertiary alicyclic amines) is 1. The summed E-state index contributed by atoms with van der Waals surface area (Å²) >= 11 is 0. The third-order valence-electron chi connectivity index (χ3n) is 13.9. The van der Waals surface area contributed by atoms with Crippen molar-refractivity contribution in [3.8, 4) is 23.3 Å². The van der Waals surface area contributed by atoms with Crippen LogP contribution in [0, 0.1) is 23.0 Å². The zero-order valence-electron chi connectivity index (χ0n) is 38.8. The Labute approximate surface area is 400 Å². The molecule has 3 aromatic carbocycles. The largest absolute Gasteiger partial charge is 0.492 e. The number of hydrogen-bond donors (Lipinski definition) is 3. The Kier molecular flexibility index (Phi) is 12.7. The molecule has 0 radical (unpaired) electrons. The number of amides is 4. The van der Waals surface area contributed by atoms with Crippen LogP contribution in [0.5, 0.6) is 17.2 Å². The number of piperidine rings is 2. The molecular formula is C46H51F2N11O10S. The van der Waals surface area contributed by atoms with E-state index >= 15 is 8.78 Å². The number of aromatic nitrogens is 4. The maximum atomic E-state index is 15.8. The molecule has 4 saturated heterocycles. The van der Waals surface area contributed by atoms with E-state index in [2.05, 4.69) is 20.1 Å². The van der Waals surface area contributed by atoms with E-state index in [-0.39, 0.29) is 98.3 Å². The first-order valence-corrected chi connectivity index (χ1v) is 24.2. The van der Waals surface area contributed by atoms with E-state index in [1.165, 1.54) is 48.2 Å². The fourth-order valence-corrected chi connectivity index (χ4v) is 10.7. The van der Waals surface area contributed by atoms with Crippen molar-refractivity contribution in [2.24, 2.45) is 7.05 Å². The lowest BCUT2D eigenvalue weighted by atomic mass is 9.85. The number of carbonyl (C=O) groups excluding carboxylic acids is 3. The summed E-state index contributed by atoms with van der Waals surface area (Å²) in [6.45, 7) is 3.33. The van der Waals surface area contributed by atoms with Crippen molar-refractivity contribution in [2.45, 2.75) is 69.1 Å². The molecular weight excluding hydrogens is 937 g/mol. The number of rotatable bonds is 12. The Hall–Kier alpha value is -6.94. The Morgan fingerprint density at radius 3 is 2.49 bits per heavy atom. The predicted octanol–water partition coefficient (Wildman–Crippen LogP) is 4.03. The molecule has 70 heavy (non-hydrogen) atoms. The molecule has 370 valence electrons. The van der Waals surface area contributed by atoms with Gasteiger partial charge in [0, 0.05) is 65.2 Å². The van der Waals surface area contributed by atoms with Gasteiger partial charge in [0.05, 0.1) is 66.1 Å². The van der Waals surface area contributed by atoms with Gasteiger partial charge in [-0.05, 0) is 68.5 Å². The molecule has 0 saturated carbocycles. The zero-order chi connectivity index (χ0) is 49.9. The molecule has 4 amide bonds. The van der Waals surface area contributed by atoms with Crippen LogP contribution in [0.2, 0.25) is 0 Å². The summed E-state index contributed by atoms with van der Waals surface area (Å²) in [4.78, 5) is 61.6. The summed E-state index contributed by atoms with van der Waals surface area (Å²) < 4.78 is 80.9. The van der Waals surface area contributed by atoms with Crippen molar-refractivity contribution >= 4 is 67.1 Å². The predicted molar refractivity (Wildman–Crippen MR) is 250 cm³/mol. The molecule has 6 heterocycles. The fourth-order valence-electron chi connectivity index (χ4n) is 9.77. The van der Waals surface area contributed by atoms with Crippen LogP contribution in [-0.2, 0) is 31.6 Å². The number of aliphatic hydroxyl groups is 1. The van der Waals surface area contributed by atoms with Crippen LogP contribution in [0.25, 0.3) is 21.8 Å². The Morgan fingerprint density at radius 2 is 1.80 bits per heavy atom. The number of carbonyl (C=O) groups is 3. The van der Waals surface area contributed by atoms with Gasteiger partial charge in [-0.3, -0.25) is 38.6 Å². The number of nitrogens with zero attached hydrogens (tertiary/aromatic N) is 9. The number of urea groups is 1. The van der Waals surface area contributed by atoms with Crippen LogP contribution in [0.3, 0.4) is 0 Å². The van der Waals surface area contributed by atoms with Gasteiger partial charge in [0.25, 0.3) is 5.56 Å². The standard InChI is InChI=1S/C46H51F2N11O10S/c1-5-54(2)70(65,66)53-32-7-6-30(47)40(29(32)24-49)69-36-9-8-33-39(41(36)67-4)43(62)59(26-50-33)27-22-46(68-25-27)13-18-57(19-14-46)38(61)23-45(64)11-16-56(17-12-45)35-21-34-28(20-31(35)48)42(52-55(34)3)58-15-10-37(60)51-44(58)63/h6-9,20-21,26-27,53,64H,5,10-19,22-23,25H2,1-4H3,(H,51,60,63)/t27-/m1/s1. The van der Waals surface area contributed by atoms with Crippen LogP contribution in [-0.4, -0.2) is 131 Å². The first-order chi connectivity index (χ1) is 33.4. The van der Waals surface area contributed by atoms with Gasteiger partial charge in [-0.15, -0.1) is 0 Å². The van der Waals surface area contributed by atoms with Gasteiger partial charge in [-0.2, -0.15) is 23.1 Å². The normalized spacial score (nSPS) is 19.2. The van der Waals surface area contributed by atoms with Crippen molar-refractivity contribution < 1.29 is 50.9 Å². The minimum atomic E-state index is -4.09. The molecule has 1 spiro atoms. The number of halogens is 2. The summed E-state index contributed by atoms with van der Waals surface area (Å²) in [5, 5.41) is 28.8. The van der Waals surface area contributed by atoms with Gasteiger partial charge in [-0.1, -0.05) is 6.92 Å². The second-order valence-electron chi connectivity index (χ2n) is 18.1. The van der Waals surface area contributed by atoms with Gasteiger partial charge >= 0.3 is 16.2 Å². The molecule has 4 aliphatic rings. The zero-order valence-corrected chi connectivity index (χ0v) is 39.6. The third kappa shape index (κ3) is 8.82. The summed E-state index contributed by atoms with van der Waals surface area (Å²) in [6.07, 6.45) is 3.24. The molecule has 4 fully saturated rings. The highest BCUT2D eigenvalue weighted by atomic mass is 32.2. The first-order valence-electron chi connectivity index (χ1n) is 22.8. The number of nitrogens with one attached hydrogen (secondary N) is 2. The highest BCUT2D eigenvalue weighted by Crippen LogP contribution is 2.43. The van der Waals surface area contributed by atoms with Crippen LogP contribution >= 0.6 is 0 Å². The summed E-state index contributed by atoms with van der Waals surface area (Å²) in [6, 6.07) is 8.66. The number of anilines is 3. The van der Waals surface area contributed by atoms with Gasteiger partial charge in [0.1, 0.15) is 22.8 Å². The second kappa shape index (κ2) is 18.4. The number of methoxy groups -OCH3 is 1. The number of ether oxygens (including phenoxy) is 3. The molecule has 3 N–H and O–H groups in total. The molecule has 2 aromatic heterocycles. The maximum absolute atomic E-state index is 15.8. The molecule has 24 heteroatoms. The second-order valence-corrected chi connectivity index (χ2v) is 19.9. The first kappa shape index (κ1) is 48.1. The number of benzene rings is 3. The molecule has 21 nitrogen and oxygen atoms in total. The SMILES string of the molecule is CCN(C)S(=O)(=O)Nc1ccc(F)c(Oc2ccc3ncn([C@H]4COC5(CCN(C(=O)CC6(O)CCN(c7cc8c(cc7F)c(N7CCC(=O)NC7=O)nn8C)CC6)CC5)C4)c(=O)c3c2OC)c1C#N.